The van der Waals surface area contributed by atoms with Crippen LogP contribution >= 0.6 is 19.5 Å². The summed E-state index contributed by atoms with van der Waals surface area (Å²) in [6.45, 7) is 10.0. The van der Waals surface area contributed by atoms with Crippen LogP contribution in [0.3, 0.4) is 0 Å². The number of hydrogen-bond acceptors (Lipinski definition) is 14. The second-order valence-electron chi connectivity index (χ2n) is 11.2. The lowest BCUT2D eigenvalue weighted by Gasteiger charge is -2.26. The number of hydrogen-bond donors (Lipinski definition) is 1. The van der Waals surface area contributed by atoms with Crippen LogP contribution in [0.25, 0.3) is 20.9 Å². The molecule has 19 nitrogen and oxygen atoms in total. The van der Waals surface area contributed by atoms with E-state index < -0.39 is 73.8 Å². The van der Waals surface area contributed by atoms with Crippen molar-refractivity contribution >= 4 is 42.4 Å². The molecule has 2 rings (SSSR count). The lowest BCUT2D eigenvalue weighted by Crippen LogP contribution is -2.37. The molecule has 0 unspecified atom stereocenters. The topological polar surface area (TPSA) is 259 Å². The summed E-state index contributed by atoms with van der Waals surface area (Å²) >= 11 is 0.975. The summed E-state index contributed by atoms with van der Waals surface area (Å²) in [6.07, 6.45) is -1.65. The number of carbonyl (C=O) groups is 3. The number of nitrogens with zero attached hydrogens (tertiary/aromatic N) is 8. The van der Waals surface area contributed by atoms with Crippen LogP contribution in [0.5, 0.6) is 0 Å². The fraction of sp³-hybridized carbons (Fsp3) is 0.720. The summed E-state index contributed by atoms with van der Waals surface area (Å²) in [6, 6.07) is -1.08. The molecule has 0 aliphatic carbocycles. The molecule has 1 aromatic heterocycles. The van der Waals surface area contributed by atoms with Crippen molar-refractivity contribution in [3.05, 3.63) is 43.6 Å². The molecule has 0 radical (unpaired) electrons. The molecule has 6 atom stereocenters. The van der Waals surface area contributed by atoms with Crippen LogP contribution in [0.1, 0.15) is 54.7 Å². The molecule has 0 spiro atoms. The predicted octanol–water partition coefficient (Wildman–Crippen LogP) is 4.32. The molecule has 1 fully saturated rings. The average Bonchev–Trinajstić information content (AvgIpc) is 3.29. The van der Waals surface area contributed by atoms with Gasteiger partial charge in [0, 0.05) is 40.0 Å². The number of ether oxygens (including phenoxy) is 3. The van der Waals surface area contributed by atoms with Gasteiger partial charge in [0.15, 0.2) is 5.12 Å². The Morgan fingerprint density at radius 2 is 1.89 bits per heavy atom. The molecule has 0 aromatic carbocycles. The summed E-state index contributed by atoms with van der Waals surface area (Å²) in [4.78, 5) is 58.3. The molecule has 0 amide bonds. The van der Waals surface area contributed by atoms with E-state index in [0.717, 1.165) is 23.3 Å². The highest BCUT2D eigenvalue weighted by molar-refractivity contribution is 8.13. The molecule has 1 N–H and O–H groups in total. The van der Waals surface area contributed by atoms with Gasteiger partial charge in [-0.25, -0.2) is 14.4 Å². The Morgan fingerprint density at radius 1 is 1.20 bits per heavy atom. The Morgan fingerprint density at radius 3 is 2.46 bits per heavy atom. The van der Waals surface area contributed by atoms with Gasteiger partial charge in [-0.3, -0.25) is 28.0 Å². The summed E-state index contributed by atoms with van der Waals surface area (Å²) < 4.78 is 42.5. The first kappa shape index (κ1) is 38.7. The lowest BCUT2D eigenvalue weighted by molar-refractivity contribution is -0.149. The third kappa shape index (κ3) is 11.7. The summed E-state index contributed by atoms with van der Waals surface area (Å²) in [7, 11) is -4.34. The summed E-state index contributed by atoms with van der Waals surface area (Å²) in [5.74, 6) is -2.41. The SMILES string of the molecule is CC(=O)OC[C@H]1[C@@H](N=[N+]=[N-])[C@H](n2ccc(N=[N+]=[N-])nc2=O)O[C@@H]1CO[P@@](=O)(N[C@@H](C)C(=O)OC(C)C)OCCSC(=O)C(C)(C)C. The van der Waals surface area contributed by atoms with E-state index in [0.29, 0.717) is 0 Å². The third-order valence-electron chi connectivity index (χ3n) is 6.08. The third-order valence-corrected chi connectivity index (χ3v) is 9.04. The van der Waals surface area contributed by atoms with E-state index >= 15 is 0 Å². The van der Waals surface area contributed by atoms with Crippen molar-refractivity contribution in [1.82, 2.24) is 14.6 Å². The van der Waals surface area contributed by atoms with Gasteiger partial charge in [0.2, 0.25) is 0 Å². The van der Waals surface area contributed by atoms with E-state index in [1.165, 1.54) is 19.2 Å². The van der Waals surface area contributed by atoms with Gasteiger partial charge in [0.05, 0.1) is 38.1 Å². The fourth-order valence-electron chi connectivity index (χ4n) is 3.92. The number of rotatable bonds is 16. The maximum Gasteiger partial charge on any atom is 0.406 e. The van der Waals surface area contributed by atoms with Crippen molar-refractivity contribution in [3.63, 3.8) is 0 Å². The largest absolute Gasteiger partial charge is 0.465 e. The standard InChI is InChI=1S/C25H38N9O10PS/c1-14(2)43-22(36)15(3)31-45(39,41-10-11-46-23(37)25(5,6)7)42-13-18-17(12-40-16(4)35)20(30-33-27)21(44-18)34-9-8-19(29-32-26)28-24(34)38/h8-9,14-15,17-18,20-21H,10-13H2,1-7H3,(H,31,39)/t15-,17+,18+,20+,21+,45+/m0/s1. The molecule has 0 bridgehead atoms. The van der Waals surface area contributed by atoms with Crippen molar-refractivity contribution in [1.29, 1.82) is 0 Å². The van der Waals surface area contributed by atoms with Gasteiger partial charge in [0.25, 0.3) is 0 Å². The van der Waals surface area contributed by atoms with E-state index in [-0.39, 0.29) is 29.9 Å². The molecule has 0 saturated carbocycles. The number of thioether (sulfide) groups is 1. The first-order chi connectivity index (χ1) is 21.5. The first-order valence-electron chi connectivity index (χ1n) is 14.0. The zero-order valence-electron chi connectivity index (χ0n) is 26.5. The Balaban J connectivity index is 2.37. The van der Waals surface area contributed by atoms with Gasteiger partial charge < -0.3 is 14.2 Å². The van der Waals surface area contributed by atoms with E-state index in [9.17, 15) is 29.3 Å². The normalized spacial score (nSPS) is 21.4. The minimum Gasteiger partial charge on any atom is -0.465 e. The van der Waals surface area contributed by atoms with E-state index in [1.54, 1.807) is 34.6 Å². The van der Waals surface area contributed by atoms with Crippen LogP contribution in [0.4, 0.5) is 5.82 Å². The van der Waals surface area contributed by atoms with Crippen LogP contribution in [0, 0.1) is 11.3 Å². The smallest absolute Gasteiger partial charge is 0.406 e. The van der Waals surface area contributed by atoms with Crippen LogP contribution < -0.4 is 10.8 Å². The van der Waals surface area contributed by atoms with Gasteiger partial charge in [0.1, 0.15) is 18.1 Å². The van der Waals surface area contributed by atoms with Gasteiger partial charge in [-0.15, -0.1) is 0 Å². The first-order valence-corrected chi connectivity index (χ1v) is 16.6. The molecule has 2 heterocycles. The second-order valence-corrected chi connectivity index (χ2v) is 14.1. The minimum absolute atomic E-state index is 0.117. The Bertz CT molecular complexity index is 1460. The maximum atomic E-state index is 13.9. The molecule has 1 aromatic rings. The summed E-state index contributed by atoms with van der Waals surface area (Å²) in [5, 5.41) is 9.45. The number of aromatic nitrogens is 2. The highest BCUT2D eigenvalue weighted by Crippen LogP contribution is 2.46. The van der Waals surface area contributed by atoms with Crippen molar-refractivity contribution in [2.45, 2.75) is 79.0 Å². The van der Waals surface area contributed by atoms with E-state index in [4.69, 9.17) is 28.8 Å². The van der Waals surface area contributed by atoms with Crippen LogP contribution in [0.2, 0.25) is 0 Å². The monoisotopic (exact) mass is 687 g/mol. The van der Waals surface area contributed by atoms with Gasteiger partial charge in [-0.1, -0.05) is 37.6 Å². The van der Waals surface area contributed by atoms with E-state index in [1.807, 2.05) is 0 Å². The maximum absolute atomic E-state index is 13.9. The zero-order chi connectivity index (χ0) is 34.7. The molecule has 1 aliphatic heterocycles. The van der Waals surface area contributed by atoms with Crippen molar-refractivity contribution in [2.24, 2.45) is 21.6 Å². The van der Waals surface area contributed by atoms with Gasteiger partial charge in [-0.05, 0) is 43.0 Å². The fourth-order valence-corrected chi connectivity index (χ4v) is 6.31. The zero-order valence-corrected chi connectivity index (χ0v) is 28.2. The van der Waals surface area contributed by atoms with E-state index in [2.05, 4.69) is 30.1 Å². The Labute approximate surface area is 268 Å². The number of esters is 2. The second kappa shape index (κ2) is 17.4. The molecule has 254 valence electrons. The highest BCUT2D eigenvalue weighted by atomic mass is 32.2. The average molecular weight is 688 g/mol. The number of nitrogens with one attached hydrogen (secondary N) is 1. The van der Waals surface area contributed by atoms with Crippen LogP contribution in [0.15, 0.2) is 27.3 Å². The van der Waals surface area contributed by atoms with Crippen LogP contribution in [-0.2, 0) is 42.2 Å². The Kier molecular flexibility index (Phi) is 14.7. The highest BCUT2D eigenvalue weighted by Gasteiger charge is 2.47. The van der Waals surface area contributed by atoms with Gasteiger partial charge in [-0.2, -0.15) is 4.98 Å². The van der Waals surface area contributed by atoms with Crippen molar-refractivity contribution in [2.75, 3.05) is 25.6 Å². The number of carbonyl (C=O) groups excluding carboxylic acids is 3. The predicted molar refractivity (Wildman–Crippen MR) is 165 cm³/mol. The van der Waals surface area contributed by atoms with Crippen molar-refractivity contribution < 1.29 is 42.2 Å². The molecular formula is C25H38N9O10PS. The quantitative estimate of drug-likeness (QED) is 0.0635. The molecular weight excluding hydrogens is 649 g/mol. The lowest BCUT2D eigenvalue weighted by atomic mass is 9.97. The number of azide groups is 2. The summed E-state index contributed by atoms with van der Waals surface area (Å²) in [5.41, 5.74) is 16.4. The Hall–Kier alpha value is -3.47. The molecule has 21 heteroatoms. The van der Waals surface area contributed by atoms with Crippen LogP contribution in [-0.4, -0.2) is 76.5 Å². The molecule has 1 saturated heterocycles. The molecule has 46 heavy (non-hydrogen) atoms. The van der Waals surface area contributed by atoms with Crippen molar-refractivity contribution in [3.8, 4) is 0 Å². The minimum atomic E-state index is -4.34. The van der Waals surface area contributed by atoms with Gasteiger partial charge >= 0.3 is 25.4 Å². The molecule has 1 aliphatic rings.